The summed E-state index contributed by atoms with van der Waals surface area (Å²) in [5.41, 5.74) is 4.54. The van der Waals surface area contributed by atoms with Crippen LogP contribution in [0, 0.1) is 6.92 Å². The normalized spacial score (nSPS) is 10.8. The van der Waals surface area contributed by atoms with Gasteiger partial charge in [-0.2, -0.15) is 5.10 Å². The lowest BCUT2D eigenvalue weighted by Gasteiger charge is -2.16. The first-order valence-corrected chi connectivity index (χ1v) is 9.41. The lowest BCUT2D eigenvalue weighted by molar-refractivity contribution is 0.155. The van der Waals surface area contributed by atoms with E-state index in [9.17, 15) is 4.79 Å². The molecule has 0 saturated heterocycles. The van der Waals surface area contributed by atoms with Crippen LogP contribution in [0.15, 0.2) is 54.9 Å². The molecule has 0 aliphatic carbocycles. The molecule has 29 heavy (non-hydrogen) atoms. The third kappa shape index (κ3) is 6.08. The number of aromatic amines is 1. The second-order valence-corrected chi connectivity index (χ2v) is 7.04. The Labute approximate surface area is 170 Å². The molecule has 1 heterocycles. The van der Waals surface area contributed by atoms with Gasteiger partial charge in [0.25, 0.3) is 0 Å². The van der Waals surface area contributed by atoms with Gasteiger partial charge in [0.15, 0.2) is 0 Å². The van der Waals surface area contributed by atoms with E-state index in [0.29, 0.717) is 18.0 Å². The number of nitrogens with zero attached hydrogens (tertiary/aromatic N) is 2. The highest BCUT2D eigenvalue weighted by Crippen LogP contribution is 2.31. The number of carbonyl (C=O) groups excluding carboxylic acids is 1. The van der Waals surface area contributed by atoms with Gasteiger partial charge in [0.05, 0.1) is 11.9 Å². The van der Waals surface area contributed by atoms with Gasteiger partial charge in [-0.3, -0.25) is 10.4 Å². The Morgan fingerprint density at radius 2 is 1.93 bits per heavy atom. The number of H-pyrrole nitrogens is 1. The maximum atomic E-state index is 12.3. The van der Waals surface area contributed by atoms with Crippen molar-refractivity contribution in [2.45, 2.75) is 13.5 Å². The molecule has 0 radical (unpaired) electrons. The van der Waals surface area contributed by atoms with Gasteiger partial charge in [-0.1, -0.05) is 35.9 Å². The minimum Gasteiger partial charge on any atom is -0.490 e. The van der Waals surface area contributed by atoms with Gasteiger partial charge in [-0.05, 0) is 44.3 Å². The number of anilines is 1. The summed E-state index contributed by atoms with van der Waals surface area (Å²) in [5, 5.41) is 9.56. The van der Waals surface area contributed by atoms with Crippen molar-refractivity contribution in [1.29, 1.82) is 0 Å². The van der Waals surface area contributed by atoms with E-state index in [1.807, 2.05) is 68.5 Å². The van der Waals surface area contributed by atoms with Crippen LogP contribution in [-0.2, 0) is 11.3 Å². The van der Waals surface area contributed by atoms with E-state index in [-0.39, 0.29) is 6.61 Å². The Balaban J connectivity index is 1.68. The Morgan fingerprint density at radius 1 is 1.14 bits per heavy atom. The number of hydrogen-bond acceptors (Lipinski definition) is 5. The van der Waals surface area contributed by atoms with Crippen LogP contribution in [0.4, 0.5) is 10.5 Å². The molecule has 7 heteroatoms. The number of ether oxygens (including phenoxy) is 2. The van der Waals surface area contributed by atoms with Gasteiger partial charge in [0.1, 0.15) is 19.0 Å². The van der Waals surface area contributed by atoms with Gasteiger partial charge in [0.2, 0.25) is 0 Å². The van der Waals surface area contributed by atoms with Crippen LogP contribution in [0.1, 0.15) is 11.1 Å². The standard InChI is InChI=1S/C22H26N4O3/c1-16-4-6-17(7-5-16)15-29-22(27)25-20-9-8-18(19-13-23-24-14-19)12-21(20)28-11-10-26(2)3/h4-9,12-14H,10-11,15H2,1-3H3,(H,23,24)(H,25,27). The first kappa shape index (κ1) is 20.4. The predicted octanol–water partition coefficient (Wildman–Crippen LogP) is 4.07. The minimum atomic E-state index is -0.529. The van der Waals surface area contributed by atoms with E-state index in [0.717, 1.165) is 28.8 Å². The summed E-state index contributed by atoms with van der Waals surface area (Å²) in [4.78, 5) is 14.3. The molecule has 0 spiro atoms. The number of nitrogens with one attached hydrogen (secondary N) is 2. The van der Waals surface area contributed by atoms with Crippen LogP contribution >= 0.6 is 0 Å². The Kier molecular flexibility index (Phi) is 6.86. The zero-order valence-electron chi connectivity index (χ0n) is 16.9. The molecule has 0 aliphatic heterocycles. The van der Waals surface area contributed by atoms with Gasteiger partial charge < -0.3 is 14.4 Å². The fourth-order valence-corrected chi connectivity index (χ4v) is 2.65. The highest BCUT2D eigenvalue weighted by atomic mass is 16.5. The van der Waals surface area contributed by atoms with Gasteiger partial charge in [-0.25, -0.2) is 4.79 Å². The van der Waals surface area contributed by atoms with Crippen LogP contribution in [0.5, 0.6) is 5.75 Å². The van der Waals surface area contributed by atoms with Crippen molar-refractivity contribution in [1.82, 2.24) is 15.1 Å². The summed E-state index contributed by atoms with van der Waals surface area (Å²) in [6.07, 6.45) is 3.02. The van der Waals surface area contributed by atoms with Crippen molar-refractivity contribution in [2.24, 2.45) is 0 Å². The van der Waals surface area contributed by atoms with Crippen LogP contribution in [0.2, 0.25) is 0 Å². The molecule has 0 aliphatic rings. The molecule has 0 fully saturated rings. The SMILES string of the molecule is Cc1ccc(COC(=O)Nc2ccc(-c3cn[nH]c3)cc2OCCN(C)C)cc1. The first-order valence-electron chi connectivity index (χ1n) is 9.41. The molecular weight excluding hydrogens is 368 g/mol. The zero-order chi connectivity index (χ0) is 20.6. The monoisotopic (exact) mass is 394 g/mol. The van der Waals surface area contributed by atoms with Crippen molar-refractivity contribution in [3.8, 4) is 16.9 Å². The van der Waals surface area contributed by atoms with Crippen LogP contribution in [0.25, 0.3) is 11.1 Å². The molecule has 0 bridgehead atoms. The molecule has 3 aromatic rings. The van der Waals surface area contributed by atoms with Crippen molar-refractivity contribution in [3.63, 3.8) is 0 Å². The Hall–Kier alpha value is -3.32. The fourth-order valence-electron chi connectivity index (χ4n) is 2.65. The zero-order valence-corrected chi connectivity index (χ0v) is 16.9. The van der Waals surface area contributed by atoms with Gasteiger partial charge in [0, 0.05) is 18.3 Å². The number of hydrogen-bond donors (Lipinski definition) is 2. The lowest BCUT2D eigenvalue weighted by Crippen LogP contribution is -2.20. The number of likely N-dealkylation sites (N-methyl/N-ethyl adjacent to an activating group) is 1. The smallest absolute Gasteiger partial charge is 0.412 e. The number of amides is 1. The van der Waals surface area contributed by atoms with E-state index in [1.165, 1.54) is 0 Å². The molecule has 2 N–H and O–H groups in total. The van der Waals surface area contributed by atoms with Crippen molar-refractivity contribution in [3.05, 3.63) is 66.0 Å². The van der Waals surface area contributed by atoms with Gasteiger partial charge in [-0.15, -0.1) is 0 Å². The summed E-state index contributed by atoms with van der Waals surface area (Å²) < 4.78 is 11.3. The number of carbonyl (C=O) groups is 1. The Morgan fingerprint density at radius 3 is 2.62 bits per heavy atom. The Bertz CT molecular complexity index is 922. The number of benzene rings is 2. The van der Waals surface area contributed by atoms with Crippen LogP contribution < -0.4 is 10.1 Å². The maximum absolute atomic E-state index is 12.3. The third-order valence-corrected chi connectivity index (χ3v) is 4.34. The highest BCUT2D eigenvalue weighted by molar-refractivity contribution is 5.87. The topological polar surface area (TPSA) is 79.5 Å². The molecule has 2 aromatic carbocycles. The summed E-state index contributed by atoms with van der Waals surface area (Å²) in [6, 6.07) is 13.5. The molecule has 0 unspecified atom stereocenters. The molecule has 0 atom stereocenters. The molecule has 1 amide bonds. The number of aryl methyl sites for hydroxylation is 1. The van der Waals surface area contributed by atoms with Crippen LogP contribution in [-0.4, -0.2) is 48.4 Å². The molecule has 0 saturated carbocycles. The largest absolute Gasteiger partial charge is 0.490 e. The van der Waals surface area contributed by atoms with Crippen LogP contribution in [0.3, 0.4) is 0 Å². The number of aromatic nitrogens is 2. The number of rotatable bonds is 8. The second kappa shape index (κ2) is 9.75. The van der Waals surface area contributed by atoms with Gasteiger partial charge >= 0.3 is 6.09 Å². The molecule has 152 valence electrons. The quantitative estimate of drug-likeness (QED) is 0.602. The van der Waals surface area contributed by atoms with E-state index >= 15 is 0 Å². The maximum Gasteiger partial charge on any atom is 0.412 e. The highest BCUT2D eigenvalue weighted by Gasteiger charge is 2.12. The van der Waals surface area contributed by atoms with Crippen molar-refractivity contribution >= 4 is 11.8 Å². The average molecular weight is 394 g/mol. The van der Waals surface area contributed by atoms with E-state index < -0.39 is 6.09 Å². The fraction of sp³-hybridized carbons (Fsp3) is 0.273. The molecule has 7 nitrogen and oxygen atoms in total. The average Bonchev–Trinajstić information content (AvgIpc) is 3.23. The van der Waals surface area contributed by atoms with Crippen molar-refractivity contribution in [2.75, 3.05) is 32.6 Å². The predicted molar refractivity (Wildman–Crippen MR) is 113 cm³/mol. The van der Waals surface area contributed by atoms with E-state index in [4.69, 9.17) is 9.47 Å². The summed E-state index contributed by atoms with van der Waals surface area (Å²) in [7, 11) is 3.96. The molecule has 1 aromatic heterocycles. The van der Waals surface area contributed by atoms with Crippen molar-refractivity contribution < 1.29 is 14.3 Å². The lowest BCUT2D eigenvalue weighted by atomic mass is 10.1. The minimum absolute atomic E-state index is 0.204. The summed E-state index contributed by atoms with van der Waals surface area (Å²) >= 11 is 0. The second-order valence-electron chi connectivity index (χ2n) is 7.04. The van der Waals surface area contributed by atoms with E-state index in [2.05, 4.69) is 15.5 Å². The molecule has 3 rings (SSSR count). The van der Waals surface area contributed by atoms with E-state index in [1.54, 1.807) is 12.3 Å². The summed E-state index contributed by atoms with van der Waals surface area (Å²) in [5.74, 6) is 0.581. The third-order valence-electron chi connectivity index (χ3n) is 4.34. The summed E-state index contributed by atoms with van der Waals surface area (Å²) in [6.45, 7) is 3.47. The first-order chi connectivity index (χ1) is 14.0. The molecular formula is C22H26N4O3.